The average molecular weight is 353 g/mol. The van der Waals surface area contributed by atoms with E-state index in [0.717, 1.165) is 14.8 Å². The first-order valence-electron chi connectivity index (χ1n) is 5.40. The van der Waals surface area contributed by atoms with Crippen LogP contribution in [0.15, 0.2) is 42.6 Å². The van der Waals surface area contributed by atoms with Gasteiger partial charge in [0.25, 0.3) is 0 Å². The SMILES string of the molecule is Cc1cccc(NC(=O)Nc2ccc(I)cn2)c1. The summed E-state index contributed by atoms with van der Waals surface area (Å²) < 4.78 is 1.03. The third kappa shape index (κ3) is 3.69. The number of benzene rings is 1. The van der Waals surface area contributed by atoms with Gasteiger partial charge in [0.15, 0.2) is 0 Å². The zero-order chi connectivity index (χ0) is 13.0. The van der Waals surface area contributed by atoms with Gasteiger partial charge < -0.3 is 5.32 Å². The molecule has 92 valence electrons. The second kappa shape index (κ2) is 5.81. The Hall–Kier alpha value is -1.63. The normalized spacial score (nSPS) is 9.89. The van der Waals surface area contributed by atoms with E-state index in [1.165, 1.54) is 0 Å². The average Bonchev–Trinajstić information content (AvgIpc) is 2.32. The van der Waals surface area contributed by atoms with Gasteiger partial charge >= 0.3 is 6.03 Å². The lowest BCUT2D eigenvalue weighted by Gasteiger charge is -2.07. The highest BCUT2D eigenvalue weighted by Crippen LogP contribution is 2.11. The molecule has 1 heterocycles. The van der Waals surface area contributed by atoms with Crippen molar-refractivity contribution < 1.29 is 4.79 Å². The van der Waals surface area contributed by atoms with Crippen molar-refractivity contribution in [3.05, 3.63) is 51.7 Å². The molecule has 2 aromatic rings. The first-order chi connectivity index (χ1) is 8.63. The number of nitrogens with one attached hydrogen (secondary N) is 2. The van der Waals surface area contributed by atoms with Crippen LogP contribution in [0.4, 0.5) is 16.3 Å². The largest absolute Gasteiger partial charge is 0.324 e. The predicted molar refractivity (Wildman–Crippen MR) is 80.8 cm³/mol. The second-order valence-electron chi connectivity index (χ2n) is 3.81. The van der Waals surface area contributed by atoms with Gasteiger partial charge in [0.05, 0.1) is 0 Å². The Morgan fingerprint density at radius 3 is 2.72 bits per heavy atom. The molecule has 0 saturated carbocycles. The number of aromatic nitrogens is 1. The molecule has 1 aromatic heterocycles. The van der Waals surface area contributed by atoms with E-state index >= 15 is 0 Å². The van der Waals surface area contributed by atoms with Gasteiger partial charge in [0.2, 0.25) is 0 Å². The third-order valence-corrected chi connectivity index (χ3v) is 2.88. The van der Waals surface area contributed by atoms with Crippen LogP contribution in [-0.4, -0.2) is 11.0 Å². The van der Waals surface area contributed by atoms with Crippen molar-refractivity contribution in [1.29, 1.82) is 0 Å². The molecule has 0 saturated heterocycles. The predicted octanol–water partition coefficient (Wildman–Crippen LogP) is 3.64. The van der Waals surface area contributed by atoms with E-state index in [1.807, 2.05) is 37.3 Å². The summed E-state index contributed by atoms with van der Waals surface area (Å²) in [7, 11) is 0. The summed E-state index contributed by atoms with van der Waals surface area (Å²) in [6.07, 6.45) is 1.70. The minimum Gasteiger partial charge on any atom is -0.308 e. The fraction of sp³-hybridized carbons (Fsp3) is 0.0769. The Morgan fingerprint density at radius 2 is 2.06 bits per heavy atom. The number of urea groups is 1. The molecular formula is C13H12IN3O. The number of hydrogen-bond acceptors (Lipinski definition) is 2. The van der Waals surface area contributed by atoms with Crippen molar-refractivity contribution in [3.63, 3.8) is 0 Å². The molecule has 0 unspecified atom stereocenters. The standard InChI is InChI=1S/C13H12IN3O/c1-9-3-2-4-11(7-9)16-13(18)17-12-6-5-10(14)8-15-12/h2-8H,1H3,(H2,15,16,17,18). The van der Waals surface area contributed by atoms with Gasteiger partial charge in [-0.05, 0) is 59.3 Å². The smallest absolute Gasteiger partial charge is 0.308 e. The zero-order valence-electron chi connectivity index (χ0n) is 9.77. The molecule has 0 spiro atoms. The Kier molecular flexibility index (Phi) is 4.14. The van der Waals surface area contributed by atoms with Gasteiger partial charge in [-0.1, -0.05) is 12.1 Å². The van der Waals surface area contributed by atoms with E-state index in [9.17, 15) is 4.79 Å². The van der Waals surface area contributed by atoms with Gasteiger partial charge in [-0.15, -0.1) is 0 Å². The highest BCUT2D eigenvalue weighted by atomic mass is 127. The first-order valence-corrected chi connectivity index (χ1v) is 6.47. The highest BCUT2D eigenvalue weighted by Gasteiger charge is 2.03. The molecule has 0 aliphatic rings. The Morgan fingerprint density at radius 1 is 1.22 bits per heavy atom. The fourth-order valence-electron chi connectivity index (χ4n) is 1.45. The van der Waals surface area contributed by atoms with Crippen LogP contribution in [0.2, 0.25) is 0 Å². The lowest BCUT2D eigenvalue weighted by molar-refractivity contribution is 0.262. The number of pyridine rings is 1. The zero-order valence-corrected chi connectivity index (χ0v) is 11.9. The highest BCUT2D eigenvalue weighted by molar-refractivity contribution is 14.1. The molecule has 0 atom stereocenters. The summed E-state index contributed by atoms with van der Waals surface area (Å²) in [4.78, 5) is 15.8. The van der Waals surface area contributed by atoms with Crippen molar-refractivity contribution in [1.82, 2.24) is 4.98 Å². The summed E-state index contributed by atoms with van der Waals surface area (Å²) in [6, 6.07) is 11.0. The van der Waals surface area contributed by atoms with Gasteiger partial charge in [0, 0.05) is 15.5 Å². The van der Waals surface area contributed by atoms with Crippen LogP contribution in [0.25, 0.3) is 0 Å². The van der Waals surface area contributed by atoms with Crippen molar-refractivity contribution in [2.24, 2.45) is 0 Å². The van der Waals surface area contributed by atoms with Crippen molar-refractivity contribution >= 4 is 40.1 Å². The van der Waals surface area contributed by atoms with Crippen LogP contribution in [0, 0.1) is 10.5 Å². The number of halogens is 1. The van der Waals surface area contributed by atoms with E-state index < -0.39 is 0 Å². The van der Waals surface area contributed by atoms with Crippen LogP contribution in [-0.2, 0) is 0 Å². The summed E-state index contributed by atoms with van der Waals surface area (Å²) in [6.45, 7) is 1.98. The molecule has 2 amide bonds. The number of aryl methyl sites for hydroxylation is 1. The molecule has 18 heavy (non-hydrogen) atoms. The van der Waals surface area contributed by atoms with Gasteiger partial charge in [-0.2, -0.15) is 0 Å². The van der Waals surface area contributed by atoms with E-state index in [1.54, 1.807) is 12.3 Å². The summed E-state index contributed by atoms with van der Waals surface area (Å²) in [5.41, 5.74) is 1.86. The lowest BCUT2D eigenvalue weighted by atomic mass is 10.2. The molecule has 0 bridgehead atoms. The minimum absolute atomic E-state index is 0.297. The quantitative estimate of drug-likeness (QED) is 0.810. The van der Waals surface area contributed by atoms with E-state index in [2.05, 4.69) is 38.2 Å². The number of hydrogen-bond donors (Lipinski definition) is 2. The monoisotopic (exact) mass is 353 g/mol. The van der Waals surface area contributed by atoms with Gasteiger partial charge in [0.1, 0.15) is 5.82 Å². The maximum absolute atomic E-state index is 11.7. The first kappa shape index (κ1) is 12.8. The molecule has 1 aromatic carbocycles. The van der Waals surface area contributed by atoms with Gasteiger partial charge in [-0.25, -0.2) is 9.78 Å². The Balaban J connectivity index is 1.98. The summed E-state index contributed by atoms with van der Waals surface area (Å²) >= 11 is 2.16. The number of carbonyl (C=O) groups is 1. The van der Waals surface area contributed by atoms with Crippen LogP contribution < -0.4 is 10.6 Å². The molecule has 0 aliphatic carbocycles. The topological polar surface area (TPSA) is 54.0 Å². The molecule has 0 radical (unpaired) electrons. The van der Waals surface area contributed by atoms with Crippen LogP contribution in [0.5, 0.6) is 0 Å². The summed E-state index contributed by atoms with van der Waals surface area (Å²) in [5.74, 6) is 0.528. The van der Waals surface area contributed by atoms with Crippen LogP contribution >= 0.6 is 22.6 Å². The van der Waals surface area contributed by atoms with Crippen molar-refractivity contribution in [3.8, 4) is 0 Å². The molecule has 0 fully saturated rings. The molecule has 2 rings (SSSR count). The molecule has 2 N–H and O–H groups in total. The van der Waals surface area contributed by atoms with Crippen molar-refractivity contribution in [2.75, 3.05) is 10.6 Å². The number of nitrogens with zero attached hydrogens (tertiary/aromatic N) is 1. The molecule has 4 nitrogen and oxygen atoms in total. The number of rotatable bonds is 2. The van der Waals surface area contributed by atoms with E-state index in [4.69, 9.17) is 0 Å². The summed E-state index contributed by atoms with van der Waals surface area (Å²) in [5, 5.41) is 5.43. The molecular weight excluding hydrogens is 341 g/mol. The second-order valence-corrected chi connectivity index (χ2v) is 5.06. The third-order valence-electron chi connectivity index (χ3n) is 2.24. The molecule has 0 aliphatic heterocycles. The van der Waals surface area contributed by atoms with Gasteiger partial charge in [-0.3, -0.25) is 5.32 Å². The fourth-order valence-corrected chi connectivity index (χ4v) is 1.77. The van der Waals surface area contributed by atoms with Crippen LogP contribution in [0.3, 0.4) is 0 Å². The minimum atomic E-state index is -0.297. The number of carbonyl (C=O) groups excluding carboxylic acids is 1. The lowest BCUT2D eigenvalue weighted by Crippen LogP contribution is -2.20. The number of anilines is 2. The van der Waals surface area contributed by atoms with Crippen LogP contribution in [0.1, 0.15) is 5.56 Å². The maximum Gasteiger partial charge on any atom is 0.324 e. The number of amides is 2. The Bertz CT molecular complexity index is 554. The Labute approximate surface area is 119 Å². The van der Waals surface area contributed by atoms with E-state index in [0.29, 0.717) is 5.82 Å². The molecule has 5 heteroatoms. The maximum atomic E-state index is 11.7. The van der Waals surface area contributed by atoms with E-state index in [-0.39, 0.29) is 6.03 Å². The van der Waals surface area contributed by atoms with Crippen molar-refractivity contribution in [2.45, 2.75) is 6.92 Å².